The van der Waals surface area contributed by atoms with Gasteiger partial charge in [-0.15, -0.1) is 0 Å². The van der Waals surface area contributed by atoms with E-state index in [0.29, 0.717) is 0 Å². The van der Waals surface area contributed by atoms with Gasteiger partial charge in [-0.3, -0.25) is 0 Å². The normalized spacial score (nSPS) is 17.6. The number of rotatable bonds is 10. The third-order valence-corrected chi connectivity index (χ3v) is 4.84. The van der Waals surface area contributed by atoms with E-state index in [9.17, 15) is 88.6 Å². The van der Waals surface area contributed by atoms with Crippen molar-refractivity contribution in [3.05, 3.63) is 11.1 Å². The Hall–Kier alpha value is -2.38. The highest BCUT2D eigenvalue weighted by atomic mass is 19.4. The predicted molar refractivity (Wildman–Crippen MR) is 78.4 cm³/mol. The van der Waals surface area contributed by atoms with Crippen LogP contribution in [0.1, 0.15) is 25.7 Å². The highest BCUT2D eigenvalue weighted by Gasteiger charge is 2.82. The zero-order valence-electron chi connectivity index (χ0n) is 16.9. The van der Waals surface area contributed by atoms with E-state index in [-0.39, 0.29) is 0 Å². The first kappa shape index (κ1) is 32.6. The maximum atomic E-state index is 13.6. The molecule has 21 heteroatoms. The van der Waals surface area contributed by atoms with Gasteiger partial charge in [0.2, 0.25) is 0 Å². The molecule has 0 unspecified atom stereocenters. The Morgan fingerprint density at radius 3 is 0.892 bits per heavy atom. The van der Waals surface area contributed by atoms with Crippen LogP contribution in [0.4, 0.5) is 79.0 Å². The summed E-state index contributed by atoms with van der Waals surface area (Å²) in [6, 6.07) is 0. The van der Waals surface area contributed by atoms with E-state index in [2.05, 4.69) is 4.74 Å². The number of hydrogen-bond donors (Lipinski definition) is 0. The van der Waals surface area contributed by atoms with Gasteiger partial charge in [0, 0.05) is 24.0 Å². The summed E-state index contributed by atoms with van der Waals surface area (Å²) in [5.41, 5.74) is -3.45. The lowest BCUT2D eigenvalue weighted by atomic mass is 9.92. The number of cyclic esters (lactones) is 2. The van der Waals surface area contributed by atoms with Crippen molar-refractivity contribution in [2.75, 3.05) is 0 Å². The first-order chi connectivity index (χ1) is 16.0. The zero-order chi connectivity index (χ0) is 29.8. The number of alkyl halides is 18. The summed E-state index contributed by atoms with van der Waals surface area (Å²) in [5, 5.41) is 0. The van der Waals surface area contributed by atoms with Gasteiger partial charge in [-0.05, 0) is 12.8 Å². The molecule has 0 saturated carbocycles. The predicted octanol–water partition coefficient (Wildman–Crippen LogP) is 6.86. The monoisotopic (exact) mass is 590 g/mol. The lowest BCUT2D eigenvalue weighted by Gasteiger charge is -2.34. The van der Waals surface area contributed by atoms with Crippen LogP contribution < -0.4 is 0 Å². The van der Waals surface area contributed by atoms with Gasteiger partial charge in [0.25, 0.3) is 0 Å². The molecule has 1 aliphatic heterocycles. The lowest BCUT2D eigenvalue weighted by Crippen LogP contribution is -2.60. The van der Waals surface area contributed by atoms with Crippen LogP contribution in [0.2, 0.25) is 0 Å². The minimum Gasteiger partial charge on any atom is -0.386 e. The molecule has 0 radical (unpaired) electrons. The Labute approximate surface area is 191 Å². The molecule has 0 N–H and O–H groups in total. The molecule has 0 spiro atoms. The van der Waals surface area contributed by atoms with Gasteiger partial charge >= 0.3 is 59.8 Å². The second-order valence-corrected chi connectivity index (χ2v) is 7.34. The van der Waals surface area contributed by atoms with E-state index in [0.717, 1.165) is 0 Å². The fourth-order valence-electron chi connectivity index (χ4n) is 2.65. The van der Waals surface area contributed by atoms with Gasteiger partial charge in [0.15, 0.2) is 0 Å². The van der Waals surface area contributed by atoms with E-state index in [4.69, 9.17) is 0 Å². The van der Waals surface area contributed by atoms with Gasteiger partial charge < -0.3 is 4.74 Å². The number of ether oxygens (including phenoxy) is 1. The molecule has 3 nitrogen and oxygen atoms in total. The molecule has 0 saturated heterocycles. The molecule has 1 rings (SSSR count). The molecule has 1 heterocycles. The molecule has 0 fully saturated rings. The maximum Gasteiger partial charge on any atom is 0.460 e. The Balaban J connectivity index is 3.27. The number of carbonyl (C=O) groups is 2. The van der Waals surface area contributed by atoms with Crippen LogP contribution in [-0.4, -0.2) is 59.8 Å². The van der Waals surface area contributed by atoms with Gasteiger partial charge in [-0.25, -0.2) is 9.59 Å². The van der Waals surface area contributed by atoms with Crippen LogP contribution in [0.15, 0.2) is 11.1 Å². The standard InChI is InChI=1S/C16H8F18O3/c17-9(18,11(21,22)13(25,26)15(29,30)31)3-1-5-6(8(36)37-7(5)35)2-4-10(19,20)12(23,24)14(27,28)16(32,33)34/h1-4H2. The molecule has 0 aromatic rings. The van der Waals surface area contributed by atoms with Crippen LogP contribution in [0, 0.1) is 0 Å². The molecule has 216 valence electrons. The summed E-state index contributed by atoms with van der Waals surface area (Å²) in [4.78, 5) is 22.9. The summed E-state index contributed by atoms with van der Waals surface area (Å²) < 4.78 is 235. The quantitative estimate of drug-likeness (QED) is 0.159. The van der Waals surface area contributed by atoms with Crippen LogP contribution >= 0.6 is 0 Å². The number of halogens is 18. The fraction of sp³-hybridized carbons (Fsp3) is 0.750. The summed E-state index contributed by atoms with van der Waals surface area (Å²) in [6.45, 7) is 0. The highest BCUT2D eigenvalue weighted by Crippen LogP contribution is 2.56. The summed E-state index contributed by atoms with van der Waals surface area (Å²) in [6.07, 6.45) is -24.4. The molecule has 0 aliphatic carbocycles. The Morgan fingerprint density at radius 2 is 0.676 bits per heavy atom. The lowest BCUT2D eigenvalue weighted by molar-refractivity contribution is -0.396. The van der Waals surface area contributed by atoms with Crippen molar-refractivity contribution in [3.63, 3.8) is 0 Å². The number of carbonyl (C=O) groups excluding carboxylic acids is 2. The molecular formula is C16H8F18O3. The van der Waals surface area contributed by atoms with Crippen LogP contribution in [0.5, 0.6) is 0 Å². The average molecular weight is 590 g/mol. The second-order valence-electron chi connectivity index (χ2n) is 7.34. The van der Waals surface area contributed by atoms with Crippen molar-refractivity contribution in [3.8, 4) is 0 Å². The third kappa shape index (κ3) is 5.30. The van der Waals surface area contributed by atoms with Crippen LogP contribution in [0.3, 0.4) is 0 Å². The van der Waals surface area contributed by atoms with E-state index >= 15 is 0 Å². The van der Waals surface area contributed by atoms with E-state index in [1.54, 1.807) is 0 Å². The molecule has 0 aromatic heterocycles. The highest BCUT2D eigenvalue weighted by molar-refractivity contribution is 6.12. The van der Waals surface area contributed by atoms with Crippen molar-refractivity contribution < 1.29 is 93.4 Å². The first-order valence-electron chi connectivity index (χ1n) is 8.88. The van der Waals surface area contributed by atoms with Crippen molar-refractivity contribution >= 4 is 11.9 Å². The van der Waals surface area contributed by atoms with Crippen molar-refractivity contribution in [1.29, 1.82) is 0 Å². The fourth-order valence-corrected chi connectivity index (χ4v) is 2.65. The topological polar surface area (TPSA) is 43.4 Å². The third-order valence-electron chi connectivity index (χ3n) is 4.84. The molecule has 0 atom stereocenters. The maximum absolute atomic E-state index is 13.6. The Morgan fingerprint density at radius 1 is 0.432 bits per heavy atom. The Bertz CT molecular complexity index is 866. The smallest absolute Gasteiger partial charge is 0.386 e. The van der Waals surface area contributed by atoms with Crippen LogP contribution in [-0.2, 0) is 14.3 Å². The minimum absolute atomic E-state index is 1.72. The molecular weight excluding hydrogens is 582 g/mol. The molecule has 0 bridgehead atoms. The summed E-state index contributed by atoms with van der Waals surface area (Å²) in [7, 11) is 0. The summed E-state index contributed by atoms with van der Waals surface area (Å²) >= 11 is 0. The molecule has 0 aromatic carbocycles. The van der Waals surface area contributed by atoms with E-state index in [1.807, 2.05) is 0 Å². The van der Waals surface area contributed by atoms with Gasteiger partial charge in [-0.1, -0.05) is 0 Å². The first-order valence-corrected chi connectivity index (χ1v) is 8.88. The molecule has 1 aliphatic rings. The molecule has 0 amide bonds. The van der Waals surface area contributed by atoms with Crippen molar-refractivity contribution in [1.82, 2.24) is 0 Å². The van der Waals surface area contributed by atoms with Gasteiger partial charge in [0.1, 0.15) is 0 Å². The Kier molecular flexibility index (Phi) is 8.05. The van der Waals surface area contributed by atoms with Gasteiger partial charge in [-0.2, -0.15) is 79.0 Å². The second kappa shape index (κ2) is 9.12. The van der Waals surface area contributed by atoms with Gasteiger partial charge in [0.05, 0.1) is 0 Å². The number of esters is 2. The average Bonchev–Trinajstić information content (AvgIpc) is 2.94. The largest absolute Gasteiger partial charge is 0.460 e. The van der Waals surface area contributed by atoms with E-state index in [1.165, 1.54) is 0 Å². The van der Waals surface area contributed by atoms with Crippen molar-refractivity contribution in [2.24, 2.45) is 0 Å². The number of hydrogen-bond acceptors (Lipinski definition) is 3. The van der Waals surface area contributed by atoms with Crippen LogP contribution in [0.25, 0.3) is 0 Å². The zero-order valence-corrected chi connectivity index (χ0v) is 16.9. The van der Waals surface area contributed by atoms with Crippen molar-refractivity contribution in [2.45, 2.75) is 73.6 Å². The van der Waals surface area contributed by atoms with E-state index < -0.39 is 96.7 Å². The molecule has 37 heavy (non-hydrogen) atoms. The minimum atomic E-state index is -7.37. The summed E-state index contributed by atoms with van der Waals surface area (Å²) in [5.74, 6) is -46.2. The SMILES string of the molecule is O=C1OC(=O)C(CCC(F)(F)C(F)(F)C(F)(F)C(F)(F)F)=C1CCC(F)(F)C(F)(F)C(F)(F)C(F)(F)F.